The molecule has 1 aromatic heterocycles. The molecule has 188 valence electrons. The zero-order valence-corrected chi connectivity index (χ0v) is 20.5. The third-order valence-electron chi connectivity index (χ3n) is 6.09. The minimum absolute atomic E-state index is 0.162. The van der Waals surface area contributed by atoms with Gasteiger partial charge in [0.1, 0.15) is 11.5 Å². The van der Waals surface area contributed by atoms with E-state index in [1.165, 1.54) is 18.3 Å². The molecule has 1 heterocycles. The van der Waals surface area contributed by atoms with E-state index < -0.39 is 40.5 Å². The number of benzene rings is 2. The Morgan fingerprint density at radius 2 is 1.67 bits per heavy atom. The number of amides is 1. The molecule has 8 nitrogen and oxygen atoms in total. The zero-order chi connectivity index (χ0) is 25.5. The maximum atomic E-state index is 13.2. The second-order valence-corrected chi connectivity index (χ2v) is 11.1. The van der Waals surface area contributed by atoms with E-state index in [0.29, 0.717) is 23.8 Å². The van der Waals surface area contributed by atoms with Gasteiger partial charge in [0.15, 0.2) is 14.9 Å². The van der Waals surface area contributed by atoms with Crippen molar-refractivity contribution in [1.29, 1.82) is 0 Å². The quantitative estimate of drug-likeness (QED) is 0.321. The molecule has 0 aliphatic heterocycles. The first kappa shape index (κ1) is 25.9. The molecule has 1 aliphatic rings. The van der Waals surface area contributed by atoms with Gasteiger partial charge in [-0.3, -0.25) is 4.79 Å². The van der Waals surface area contributed by atoms with Crippen LogP contribution >= 0.6 is 0 Å². The Kier molecular flexibility index (Phi) is 8.40. The van der Waals surface area contributed by atoms with Gasteiger partial charge in [-0.1, -0.05) is 61.4 Å². The van der Waals surface area contributed by atoms with Crippen molar-refractivity contribution in [3.63, 3.8) is 0 Å². The molecule has 0 saturated heterocycles. The summed E-state index contributed by atoms with van der Waals surface area (Å²) in [5.74, 6) is -1.48. The predicted octanol–water partition coefficient (Wildman–Crippen LogP) is 2.80. The molecular formula is C26H29BN2O6S. The smallest absolute Gasteiger partial charge is 0.456 e. The number of sulfone groups is 1. The number of carbonyl (C=O) groups excluding carboxylic acids is 1. The summed E-state index contributed by atoms with van der Waals surface area (Å²) in [5, 5.41) is 22.0. The molecule has 2 aromatic carbocycles. The van der Waals surface area contributed by atoms with Gasteiger partial charge in [0.25, 0.3) is 0 Å². The summed E-state index contributed by atoms with van der Waals surface area (Å²) in [6.45, 7) is 0. The molecule has 1 fully saturated rings. The number of rotatable bonds is 12. The first-order valence-corrected chi connectivity index (χ1v) is 13.6. The fraction of sp³-hybridized carbons (Fsp3) is 0.308. The average Bonchev–Trinajstić information content (AvgIpc) is 3.69. The standard InChI is InChI=1S/C26H29BN2O6S/c30-26(29-24(27(31)32)16-20-11-12-20)21(15-19-7-3-1-4-8-19)18-36(33,34)25-14-13-23(17-28-25)35-22-9-5-2-6-10-22/h1-10,13-14,17,20-21,24,31-32H,11-12,15-16,18H2,(H,29,30)/t21-,24+/m1/s1. The minimum Gasteiger partial charge on any atom is -0.456 e. The highest BCUT2D eigenvalue weighted by atomic mass is 32.2. The van der Waals surface area contributed by atoms with Gasteiger partial charge in [0.2, 0.25) is 5.91 Å². The molecule has 1 amide bonds. The summed E-state index contributed by atoms with van der Waals surface area (Å²) in [5.41, 5.74) is 0.802. The van der Waals surface area contributed by atoms with Crippen LogP contribution in [0.4, 0.5) is 0 Å². The van der Waals surface area contributed by atoms with Gasteiger partial charge in [0, 0.05) is 0 Å². The molecule has 0 bridgehead atoms. The van der Waals surface area contributed by atoms with Gasteiger partial charge in [-0.15, -0.1) is 0 Å². The van der Waals surface area contributed by atoms with E-state index in [1.54, 1.807) is 12.1 Å². The Balaban J connectivity index is 1.50. The minimum atomic E-state index is -3.93. The SMILES string of the molecule is O=C(N[C@@H](CC1CC1)B(O)O)[C@H](Cc1ccccc1)CS(=O)(=O)c1ccc(Oc2ccccc2)cn1. The summed E-state index contributed by atoms with van der Waals surface area (Å²) in [6.07, 6.45) is 3.92. The van der Waals surface area contributed by atoms with Crippen molar-refractivity contribution in [1.82, 2.24) is 10.3 Å². The molecule has 1 saturated carbocycles. The molecular weight excluding hydrogens is 479 g/mol. The van der Waals surface area contributed by atoms with Crippen molar-refractivity contribution in [2.45, 2.75) is 36.7 Å². The molecule has 2 atom stereocenters. The number of aromatic nitrogens is 1. The normalized spacial score (nSPS) is 15.1. The summed E-state index contributed by atoms with van der Waals surface area (Å²) >= 11 is 0. The Hall–Kier alpha value is -3.21. The number of hydrogen-bond acceptors (Lipinski definition) is 7. The molecule has 4 rings (SSSR count). The van der Waals surface area contributed by atoms with Crippen LogP contribution in [0.25, 0.3) is 0 Å². The van der Waals surface area contributed by atoms with Crippen LogP contribution in [-0.2, 0) is 21.1 Å². The van der Waals surface area contributed by atoms with E-state index >= 15 is 0 Å². The summed E-state index contributed by atoms with van der Waals surface area (Å²) in [6, 6.07) is 21.1. The number of nitrogens with one attached hydrogen (secondary N) is 1. The van der Waals surface area contributed by atoms with Crippen LogP contribution in [0.5, 0.6) is 11.5 Å². The van der Waals surface area contributed by atoms with Gasteiger partial charge in [0.05, 0.1) is 23.8 Å². The first-order chi connectivity index (χ1) is 17.3. The average molecular weight is 508 g/mol. The zero-order valence-electron chi connectivity index (χ0n) is 19.7. The van der Waals surface area contributed by atoms with Crippen LogP contribution in [0.2, 0.25) is 0 Å². The third-order valence-corrected chi connectivity index (χ3v) is 7.81. The van der Waals surface area contributed by atoms with E-state index in [9.17, 15) is 23.3 Å². The van der Waals surface area contributed by atoms with E-state index in [1.807, 2.05) is 48.5 Å². The molecule has 0 unspecified atom stereocenters. The molecule has 3 N–H and O–H groups in total. The molecule has 10 heteroatoms. The van der Waals surface area contributed by atoms with Crippen molar-refractivity contribution in [3.8, 4) is 11.5 Å². The van der Waals surface area contributed by atoms with E-state index in [-0.39, 0.29) is 11.4 Å². The second-order valence-electron chi connectivity index (χ2n) is 9.12. The lowest BCUT2D eigenvalue weighted by Gasteiger charge is -2.22. The number of pyridine rings is 1. The fourth-order valence-corrected chi connectivity index (χ4v) is 5.44. The van der Waals surface area contributed by atoms with Gasteiger partial charge in [-0.25, -0.2) is 13.4 Å². The van der Waals surface area contributed by atoms with Crippen molar-refractivity contribution in [2.24, 2.45) is 11.8 Å². The van der Waals surface area contributed by atoms with Crippen molar-refractivity contribution in [3.05, 3.63) is 84.6 Å². The fourth-order valence-electron chi connectivity index (χ4n) is 3.98. The van der Waals surface area contributed by atoms with Crippen molar-refractivity contribution in [2.75, 3.05) is 5.75 Å². The Bertz CT molecular complexity index is 1240. The summed E-state index contributed by atoms with van der Waals surface area (Å²) in [7, 11) is -5.65. The van der Waals surface area contributed by atoms with Crippen LogP contribution in [0, 0.1) is 11.8 Å². The molecule has 0 radical (unpaired) electrons. The summed E-state index contributed by atoms with van der Waals surface area (Å²) in [4.78, 5) is 17.3. The molecule has 0 spiro atoms. The van der Waals surface area contributed by atoms with E-state index in [4.69, 9.17) is 4.74 Å². The molecule has 3 aromatic rings. The van der Waals surface area contributed by atoms with Crippen LogP contribution in [0.1, 0.15) is 24.8 Å². The highest BCUT2D eigenvalue weighted by Gasteiger charge is 2.35. The summed E-state index contributed by atoms with van der Waals surface area (Å²) < 4.78 is 32.1. The van der Waals surface area contributed by atoms with Crippen molar-refractivity contribution >= 4 is 22.9 Å². The Labute approximate surface area is 211 Å². The maximum Gasteiger partial charge on any atom is 0.475 e. The topological polar surface area (TPSA) is 126 Å². The number of nitrogens with zero attached hydrogens (tertiary/aromatic N) is 1. The molecule has 36 heavy (non-hydrogen) atoms. The lowest BCUT2D eigenvalue weighted by molar-refractivity contribution is -0.124. The lowest BCUT2D eigenvalue weighted by Crippen LogP contribution is -2.50. The number of hydrogen-bond donors (Lipinski definition) is 3. The van der Waals surface area contributed by atoms with Crippen molar-refractivity contribution < 1.29 is 28.0 Å². The highest BCUT2D eigenvalue weighted by Crippen LogP contribution is 2.33. The van der Waals surface area contributed by atoms with Crippen LogP contribution < -0.4 is 10.1 Å². The highest BCUT2D eigenvalue weighted by molar-refractivity contribution is 7.91. The van der Waals surface area contributed by atoms with Gasteiger partial charge >= 0.3 is 7.12 Å². The monoisotopic (exact) mass is 508 g/mol. The van der Waals surface area contributed by atoms with E-state index in [0.717, 1.165) is 18.4 Å². The lowest BCUT2D eigenvalue weighted by atomic mass is 9.76. The van der Waals surface area contributed by atoms with Gasteiger partial charge in [-0.05, 0) is 48.6 Å². The second kappa shape index (κ2) is 11.7. The largest absolute Gasteiger partial charge is 0.475 e. The van der Waals surface area contributed by atoms with Crippen LogP contribution in [-0.4, -0.2) is 48.2 Å². The van der Waals surface area contributed by atoms with E-state index in [2.05, 4.69) is 10.3 Å². The van der Waals surface area contributed by atoms with Crippen LogP contribution in [0.3, 0.4) is 0 Å². The Morgan fingerprint density at radius 1 is 1.00 bits per heavy atom. The first-order valence-electron chi connectivity index (χ1n) is 11.9. The number of carbonyl (C=O) groups is 1. The maximum absolute atomic E-state index is 13.2. The predicted molar refractivity (Wildman–Crippen MR) is 136 cm³/mol. The Morgan fingerprint density at radius 3 is 2.25 bits per heavy atom. The number of ether oxygens (including phenoxy) is 1. The van der Waals surface area contributed by atoms with Gasteiger partial charge < -0.3 is 20.1 Å². The number of para-hydroxylation sites is 1. The molecule has 1 aliphatic carbocycles. The van der Waals surface area contributed by atoms with Crippen LogP contribution in [0.15, 0.2) is 84.0 Å². The third kappa shape index (κ3) is 7.40. The van der Waals surface area contributed by atoms with Gasteiger partial charge in [-0.2, -0.15) is 0 Å².